The van der Waals surface area contributed by atoms with Crippen LogP contribution in [0.2, 0.25) is 0 Å². The molecule has 2 rings (SSSR count). The van der Waals surface area contributed by atoms with Gasteiger partial charge in [0, 0.05) is 7.05 Å². The van der Waals surface area contributed by atoms with Gasteiger partial charge in [-0.1, -0.05) is 0 Å². The van der Waals surface area contributed by atoms with Gasteiger partial charge in [-0.05, 0) is 0 Å². The van der Waals surface area contributed by atoms with Gasteiger partial charge in [-0.3, -0.25) is 0 Å². The van der Waals surface area contributed by atoms with E-state index in [4.69, 9.17) is 4.74 Å². The van der Waals surface area contributed by atoms with Gasteiger partial charge in [-0.25, -0.2) is 9.97 Å². The molecule has 2 heterocycles. The van der Waals surface area contributed by atoms with Gasteiger partial charge in [0.05, 0.1) is 7.11 Å². The summed E-state index contributed by atoms with van der Waals surface area (Å²) in [5, 5.41) is 2.93. The highest BCUT2D eigenvalue weighted by molar-refractivity contribution is 5.82. The van der Waals surface area contributed by atoms with E-state index >= 15 is 0 Å². The van der Waals surface area contributed by atoms with Gasteiger partial charge in [-0.2, -0.15) is 4.98 Å². The lowest BCUT2D eigenvalue weighted by atomic mass is 10.5. The minimum atomic E-state index is 0.437. The first kappa shape index (κ1) is 7.78. The Morgan fingerprint density at radius 1 is 1.46 bits per heavy atom. The fourth-order valence-electron chi connectivity index (χ4n) is 1.09. The molecule has 0 aromatic carbocycles. The number of anilines is 1. The second-order valence-corrected chi connectivity index (χ2v) is 2.42. The fourth-order valence-corrected chi connectivity index (χ4v) is 1.09. The van der Waals surface area contributed by atoms with Gasteiger partial charge < -0.3 is 15.0 Å². The van der Waals surface area contributed by atoms with E-state index in [1.807, 2.05) is 0 Å². The quantitative estimate of drug-likeness (QED) is 0.698. The minimum Gasteiger partial charge on any atom is -0.468 e. The van der Waals surface area contributed by atoms with E-state index in [1.165, 1.54) is 6.33 Å². The number of aromatic amines is 1. The second kappa shape index (κ2) is 2.89. The predicted molar refractivity (Wildman–Crippen MR) is 47.8 cm³/mol. The molecule has 0 bridgehead atoms. The monoisotopic (exact) mass is 179 g/mol. The van der Waals surface area contributed by atoms with Gasteiger partial charge in [0.2, 0.25) is 0 Å². The van der Waals surface area contributed by atoms with E-state index in [0.29, 0.717) is 17.5 Å². The average molecular weight is 179 g/mol. The van der Waals surface area contributed by atoms with E-state index in [1.54, 1.807) is 14.2 Å². The number of H-pyrrole nitrogens is 1. The zero-order valence-electron chi connectivity index (χ0n) is 7.33. The molecule has 2 N–H and O–H groups in total. The SMILES string of the molecule is CNc1ncnc2nc(OC)[nH]c12. The summed E-state index contributed by atoms with van der Waals surface area (Å²) in [7, 11) is 3.33. The number of ether oxygens (including phenoxy) is 1. The number of nitrogens with zero attached hydrogens (tertiary/aromatic N) is 3. The van der Waals surface area contributed by atoms with Crippen LogP contribution in [0.5, 0.6) is 6.01 Å². The normalized spacial score (nSPS) is 10.3. The van der Waals surface area contributed by atoms with Crippen molar-refractivity contribution < 1.29 is 4.74 Å². The third-order valence-corrected chi connectivity index (χ3v) is 1.70. The summed E-state index contributed by atoms with van der Waals surface area (Å²) in [6.07, 6.45) is 1.45. The molecule has 0 spiro atoms. The molecular weight excluding hydrogens is 170 g/mol. The Bertz CT molecular complexity index is 424. The van der Waals surface area contributed by atoms with Gasteiger partial charge in [0.1, 0.15) is 11.8 Å². The first-order valence-corrected chi connectivity index (χ1v) is 3.77. The lowest BCUT2D eigenvalue weighted by Gasteiger charge is -1.96. The molecule has 2 aromatic rings. The Balaban J connectivity index is 2.67. The number of nitrogens with one attached hydrogen (secondary N) is 2. The van der Waals surface area contributed by atoms with Crippen LogP contribution in [0.25, 0.3) is 11.2 Å². The highest BCUT2D eigenvalue weighted by atomic mass is 16.5. The number of aromatic nitrogens is 4. The van der Waals surface area contributed by atoms with Crippen LogP contribution >= 0.6 is 0 Å². The Hall–Kier alpha value is -1.85. The molecule has 0 saturated heterocycles. The van der Waals surface area contributed by atoms with Crippen LogP contribution < -0.4 is 10.1 Å². The summed E-state index contributed by atoms with van der Waals surface area (Å²) in [4.78, 5) is 15.0. The van der Waals surface area contributed by atoms with E-state index in [0.717, 1.165) is 5.52 Å². The van der Waals surface area contributed by atoms with Crippen molar-refractivity contribution in [3.8, 4) is 6.01 Å². The summed E-state index contributed by atoms with van der Waals surface area (Å²) in [6, 6.07) is 0.437. The maximum Gasteiger partial charge on any atom is 0.295 e. The largest absolute Gasteiger partial charge is 0.468 e. The van der Waals surface area contributed by atoms with Crippen LogP contribution in [0.1, 0.15) is 0 Å². The zero-order valence-corrected chi connectivity index (χ0v) is 7.33. The maximum absolute atomic E-state index is 4.94. The van der Waals surface area contributed by atoms with Gasteiger partial charge in [0.25, 0.3) is 6.01 Å². The molecule has 0 radical (unpaired) electrons. The number of methoxy groups -OCH3 is 1. The summed E-state index contributed by atoms with van der Waals surface area (Å²) in [5.74, 6) is 0.709. The zero-order chi connectivity index (χ0) is 9.26. The first-order valence-electron chi connectivity index (χ1n) is 3.77. The topological polar surface area (TPSA) is 75.7 Å². The van der Waals surface area contributed by atoms with Crippen LogP contribution in [0.15, 0.2) is 6.33 Å². The Kier molecular flexibility index (Phi) is 1.73. The first-order chi connectivity index (χ1) is 6.35. The maximum atomic E-state index is 4.94. The third kappa shape index (κ3) is 1.16. The molecule has 0 saturated carbocycles. The van der Waals surface area contributed by atoms with Crippen molar-refractivity contribution in [1.29, 1.82) is 0 Å². The smallest absolute Gasteiger partial charge is 0.295 e. The van der Waals surface area contributed by atoms with E-state index in [9.17, 15) is 0 Å². The predicted octanol–water partition coefficient (Wildman–Crippen LogP) is 0.403. The molecule has 0 amide bonds. The van der Waals surface area contributed by atoms with E-state index < -0.39 is 0 Å². The van der Waals surface area contributed by atoms with Crippen molar-refractivity contribution in [2.75, 3.05) is 19.5 Å². The van der Waals surface area contributed by atoms with Gasteiger partial charge >= 0.3 is 0 Å². The number of fused-ring (bicyclic) bond motifs is 1. The van der Waals surface area contributed by atoms with Crippen molar-refractivity contribution in [2.45, 2.75) is 0 Å². The van der Waals surface area contributed by atoms with Crippen LogP contribution in [0, 0.1) is 0 Å². The molecule has 6 heteroatoms. The van der Waals surface area contributed by atoms with Crippen LogP contribution in [-0.2, 0) is 0 Å². The third-order valence-electron chi connectivity index (χ3n) is 1.70. The molecule has 6 nitrogen and oxygen atoms in total. The number of rotatable bonds is 2. The van der Waals surface area contributed by atoms with Crippen molar-refractivity contribution >= 4 is 17.0 Å². The summed E-state index contributed by atoms with van der Waals surface area (Å²) in [5.41, 5.74) is 1.35. The summed E-state index contributed by atoms with van der Waals surface area (Å²) >= 11 is 0. The molecule has 0 atom stereocenters. The molecule has 0 aliphatic carbocycles. The number of hydrogen-bond donors (Lipinski definition) is 2. The molecular formula is C7H9N5O. The molecule has 13 heavy (non-hydrogen) atoms. The van der Waals surface area contributed by atoms with Crippen molar-refractivity contribution in [3.05, 3.63) is 6.33 Å². The highest BCUT2D eigenvalue weighted by Gasteiger charge is 2.07. The molecule has 2 aromatic heterocycles. The Labute approximate surface area is 74.4 Å². The van der Waals surface area contributed by atoms with Gasteiger partial charge in [-0.15, -0.1) is 0 Å². The Morgan fingerprint density at radius 2 is 2.31 bits per heavy atom. The fraction of sp³-hybridized carbons (Fsp3) is 0.286. The average Bonchev–Trinajstić information content (AvgIpc) is 2.59. The lowest BCUT2D eigenvalue weighted by Crippen LogP contribution is -1.93. The molecule has 68 valence electrons. The molecule has 0 aliphatic heterocycles. The van der Waals surface area contributed by atoms with Crippen LogP contribution in [0.3, 0.4) is 0 Å². The summed E-state index contributed by atoms with van der Waals surface area (Å²) < 4.78 is 4.94. The standard InChI is InChI=1S/C7H9N5O/c1-8-5-4-6(10-3-9-5)12-7(11-4)13-2/h3H,1-2H3,(H2,8,9,10,11,12). The van der Waals surface area contributed by atoms with Crippen molar-refractivity contribution in [2.24, 2.45) is 0 Å². The van der Waals surface area contributed by atoms with Gasteiger partial charge in [0.15, 0.2) is 11.5 Å². The van der Waals surface area contributed by atoms with E-state index in [-0.39, 0.29) is 0 Å². The molecule has 0 aliphatic rings. The lowest BCUT2D eigenvalue weighted by molar-refractivity contribution is 0.386. The number of hydrogen-bond acceptors (Lipinski definition) is 5. The van der Waals surface area contributed by atoms with Crippen LogP contribution in [0.4, 0.5) is 5.82 Å². The minimum absolute atomic E-state index is 0.437. The summed E-state index contributed by atoms with van der Waals surface area (Å²) in [6.45, 7) is 0. The van der Waals surface area contributed by atoms with Crippen molar-refractivity contribution in [3.63, 3.8) is 0 Å². The second-order valence-electron chi connectivity index (χ2n) is 2.42. The van der Waals surface area contributed by atoms with Crippen LogP contribution in [-0.4, -0.2) is 34.1 Å². The molecule has 0 unspecified atom stereocenters. The number of imidazole rings is 1. The Morgan fingerprint density at radius 3 is 3.00 bits per heavy atom. The highest BCUT2D eigenvalue weighted by Crippen LogP contribution is 2.18. The van der Waals surface area contributed by atoms with Crippen molar-refractivity contribution in [1.82, 2.24) is 19.9 Å². The molecule has 0 fully saturated rings. The van der Waals surface area contributed by atoms with E-state index in [2.05, 4.69) is 25.3 Å².